The predicted octanol–water partition coefficient (Wildman–Crippen LogP) is 2.26. The normalized spacial score (nSPS) is 9.40. The first-order valence-corrected chi connectivity index (χ1v) is 5.36. The summed E-state index contributed by atoms with van der Waals surface area (Å²) in [5, 5.41) is 8.96. The fraction of sp³-hybridized carbons (Fsp3) is 0.182. The number of carbonyl (C=O) groups excluding carboxylic acids is 2. The van der Waals surface area contributed by atoms with E-state index in [4.69, 9.17) is 5.26 Å². The molecule has 0 radical (unpaired) electrons. The van der Waals surface area contributed by atoms with Crippen LogP contribution in [0.1, 0.15) is 31.8 Å². The van der Waals surface area contributed by atoms with Crippen LogP contribution in [0.15, 0.2) is 12.1 Å². The molecule has 0 heterocycles. The van der Waals surface area contributed by atoms with Crippen LogP contribution in [0.3, 0.4) is 0 Å². The number of ketones is 1. The van der Waals surface area contributed by atoms with E-state index in [1.54, 1.807) is 13.0 Å². The molecule has 0 bridgehead atoms. The number of carbonyl (C=O) groups is 2. The number of halogens is 1. The van der Waals surface area contributed by atoms with E-state index < -0.39 is 0 Å². The zero-order valence-electron chi connectivity index (χ0n) is 8.08. The van der Waals surface area contributed by atoms with Crippen LogP contribution in [0.25, 0.3) is 0 Å². The molecule has 0 unspecified atom stereocenters. The average molecular weight is 266 g/mol. The summed E-state index contributed by atoms with van der Waals surface area (Å²) in [4.78, 5) is 22.3. The molecule has 0 amide bonds. The summed E-state index contributed by atoms with van der Waals surface area (Å²) in [5.74, 6) is -0.0971. The van der Waals surface area contributed by atoms with Crippen molar-refractivity contribution < 1.29 is 9.59 Å². The van der Waals surface area contributed by atoms with Gasteiger partial charge in [0.15, 0.2) is 12.1 Å². The molecular formula is C11H8BrNO2. The van der Waals surface area contributed by atoms with Crippen molar-refractivity contribution in [1.29, 1.82) is 5.26 Å². The van der Waals surface area contributed by atoms with Crippen LogP contribution in [0.4, 0.5) is 0 Å². The molecule has 0 spiro atoms. The van der Waals surface area contributed by atoms with Gasteiger partial charge in [0.25, 0.3) is 0 Å². The lowest BCUT2D eigenvalue weighted by molar-refractivity contribution is 0.102. The Morgan fingerprint density at radius 3 is 2.73 bits per heavy atom. The zero-order chi connectivity index (χ0) is 11.4. The molecule has 0 aliphatic rings. The number of rotatable bonds is 3. The van der Waals surface area contributed by atoms with E-state index in [9.17, 15) is 9.59 Å². The molecule has 1 rings (SSSR count). The van der Waals surface area contributed by atoms with Gasteiger partial charge in [-0.1, -0.05) is 15.9 Å². The largest absolute Gasteiger partial charge is 0.298 e. The summed E-state index contributed by atoms with van der Waals surface area (Å²) in [5.41, 5.74) is 1.64. The average Bonchev–Trinajstić information content (AvgIpc) is 2.27. The van der Waals surface area contributed by atoms with Gasteiger partial charge >= 0.3 is 0 Å². The maximum atomic E-state index is 11.5. The van der Waals surface area contributed by atoms with Gasteiger partial charge in [-0.25, -0.2) is 0 Å². The zero-order valence-corrected chi connectivity index (χ0v) is 9.67. The SMILES string of the molecule is Cc1c(C(=O)CBr)ccc(C#N)c1C=O. The van der Waals surface area contributed by atoms with Crippen molar-refractivity contribution in [2.24, 2.45) is 0 Å². The molecule has 0 atom stereocenters. The van der Waals surface area contributed by atoms with Gasteiger partial charge in [-0.05, 0) is 24.6 Å². The Morgan fingerprint density at radius 1 is 1.60 bits per heavy atom. The highest BCUT2D eigenvalue weighted by molar-refractivity contribution is 9.09. The van der Waals surface area contributed by atoms with Crippen molar-refractivity contribution >= 4 is 28.0 Å². The smallest absolute Gasteiger partial charge is 0.173 e. The molecule has 15 heavy (non-hydrogen) atoms. The minimum Gasteiger partial charge on any atom is -0.298 e. The van der Waals surface area contributed by atoms with Crippen molar-refractivity contribution in [3.63, 3.8) is 0 Å². The van der Waals surface area contributed by atoms with Crippen LogP contribution in [0.2, 0.25) is 0 Å². The Bertz CT molecular complexity index is 460. The van der Waals surface area contributed by atoms with E-state index in [1.165, 1.54) is 6.07 Å². The Labute approximate surface area is 95.8 Å². The van der Waals surface area contributed by atoms with Crippen LogP contribution in [0.5, 0.6) is 0 Å². The third-order valence-corrected chi connectivity index (χ3v) is 2.68. The molecule has 0 aromatic heterocycles. The maximum Gasteiger partial charge on any atom is 0.173 e. The van der Waals surface area contributed by atoms with Gasteiger partial charge in [-0.15, -0.1) is 0 Å². The first-order valence-electron chi connectivity index (χ1n) is 4.23. The fourth-order valence-corrected chi connectivity index (χ4v) is 1.65. The Kier molecular flexibility index (Phi) is 3.75. The van der Waals surface area contributed by atoms with E-state index in [1.807, 2.05) is 6.07 Å². The highest BCUT2D eigenvalue weighted by atomic mass is 79.9. The second-order valence-electron chi connectivity index (χ2n) is 2.99. The number of hydrogen-bond acceptors (Lipinski definition) is 3. The lowest BCUT2D eigenvalue weighted by atomic mass is 9.96. The summed E-state index contributed by atoms with van der Waals surface area (Å²) in [6.45, 7) is 1.67. The van der Waals surface area contributed by atoms with Gasteiger partial charge in [0.2, 0.25) is 0 Å². The van der Waals surface area contributed by atoms with Gasteiger partial charge in [-0.2, -0.15) is 5.26 Å². The monoisotopic (exact) mass is 265 g/mol. The fourth-order valence-electron chi connectivity index (χ4n) is 1.35. The predicted molar refractivity (Wildman–Crippen MR) is 59.4 cm³/mol. The number of hydrogen-bond donors (Lipinski definition) is 0. The highest BCUT2D eigenvalue weighted by Gasteiger charge is 2.13. The van der Waals surface area contributed by atoms with Crippen LogP contribution in [-0.2, 0) is 0 Å². The molecular weight excluding hydrogens is 258 g/mol. The molecule has 0 aliphatic heterocycles. The van der Waals surface area contributed by atoms with E-state index in [2.05, 4.69) is 15.9 Å². The van der Waals surface area contributed by atoms with Crippen LogP contribution in [-0.4, -0.2) is 17.4 Å². The van der Waals surface area contributed by atoms with Gasteiger partial charge in [0.05, 0.1) is 17.0 Å². The van der Waals surface area contributed by atoms with Gasteiger partial charge in [-0.3, -0.25) is 9.59 Å². The minimum atomic E-state index is -0.0971. The molecule has 0 aliphatic carbocycles. The third kappa shape index (κ3) is 2.13. The molecule has 1 aromatic carbocycles. The Morgan fingerprint density at radius 2 is 2.27 bits per heavy atom. The quantitative estimate of drug-likeness (QED) is 0.479. The lowest BCUT2D eigenvalue weighted by Gasteiger charge is -2.06. The second kappa shape index (κ2) is 4.85. The molecule has 0 saturated carbocycles. The summed E-state index contributed by atoms with van der Waals surface area (Å²) in [6.07, 6.45) is 0.610. The standard InChI is InChI=1S/C11H8BrNO2/c1-7-9(11(15)4-12)3-2-8(5-13)10(7)6-14/h2-3,6H,4H2,1H3. The van der Waals surface area contributed by atoms with Gasteiger partial charge in [0.1, 0.15) is 0 Å². The summed E-state index contributed by atoms with van der Waals surface area (Å²) in [6, 6.07) is 4.98. The number of nitriles is 1. The Balaban J connectivity index is 3.43. The maximum absolute atomic E-state index is 11.5. The summed E-state index contributed by atoms with van der Waals surface area (Å²) < 4.78 is 0. The summed E-state index contributed by atoms with van der Waals surface area (Å²) >= 11 is 3.06. The molecule has 76 valence electrons. The summed E-state index contributed by atoms with van der Waals surface area (Å²) in [7, 11) is 0. The van der Waals surface area contributed by atoms with Crippen LogP contribution < -0.4 is 0 Å². The topological polar surface area (TPSA) is 57.9 Å². The number of nitrogens with zero attached hydrogens (tertiary/aromatic N) is 1. The van der Waals surface area contributed by atoms with E-state index in [0.717, 1.165) is 0 Å². The number of alkyl halides is 1. The van der Waals surface area contributed by atoms with Crippen LogP contribution >= 0.6 is 15.9 Å². The van der Waals surface area contributed by atoms with Crippen molar-refractivity contribution in [3.8, 4) is 6.07 Å². The minimum absolute atomic E-state index is 0.0971. The molecule has 4 heteroatoms. The molecule has 0 fully saturated rings. The Hall–Kier alpha value is -1.47. The number of aldehydes is 1. The van der Waals surface area contributed by atoms with Gasteiger partial charge in [0, 0.05) is 11.1 Å². The molecule has 0 N–H and O–H groups in total. The molecule has 3 nitrogen and oxygen atoms in total. The molecule has 1 aromatic rings. The highest BCUT2D eigenvalue weighted by Crippen LogP contribution is 2.17. The number of benzene rings is 1. The second-order valence-corrected chi connectivity index (χ2v) is 3.55. The molecule has 0 saturated heterocycles. The van der Waals surface area contributed by atoms with Crippen molar-refractivity contribution in [2.75, 3.05) is 5.33 Å². The van der Waals surface area contributed by atoms with E-state index in [-0.39, 0.29) is 11.1 Å². The third-order valence-electron chi connectivity index (χ3n) is 2.17. The van der Waals surface area contributed by atoms with Crippen molar-refractivity contribution in [1.82, 2.24) is 0 Å². The van der Waals surface area contributed by atoms with E-state index >= 15 is 0 Å². The van der Waals surface area contributed by atoms with Crippen molar-refractivity contribution in [2.45, 2.75) is 6.92 Å². The van der Waals surface area contributed by atoms with Crippen molar-refractivity contribution in [3.05, 3.63) is 34.4 Å². The van der Waals surface area contributed by atoms with E-state index in [0.29, 0.717) is 28.5 Å². The van der Waals surface area contributed by atoms with Gasteiger partial charge < -0.3 is 0 Å². The first-order chi connectivity index (χ1) is 7.15. The first kappa shape index (κ1) is 11.6. The van der Waals surface area contributed by atoms with Crippen LogP contribution in [0, 0.1) is 18.3 Å². The lowest BCUT2D eigenvalue weighted by Crippen LogP contribution is -2.06. The number of Topliss-reactive ketones (excluding diaryl/α,β-unsaturated/α-hetero) is 1.